The van der Waals surface area contributed by atoms with Gasteiger partial charge in [-0.3, -0.25) is 4.79 Å². The van der Waals surface area contributed by atoms with E-state index in [0.29, 0.717) is 0 Å². The maximum Gasteiger partial charge on any atom is 0.220 e. The molecule has 1 aromatic rings. The molecule has 1 aromatic heterocycles. The van der Waals surface area contributed by atoms with Gasteiger partial charge in [-0.25, -0.2) is 4.98 Å². The van der Waals surface area contributed by atoms with Crippen LogP contribution in [0.1, 0.15) is 24.5 Å². The van der Waals surface area contributed by atoms with Crippen molar-refractivity contribution in [2.24, 2.45) is 11.7 Å². The Morgan fingerprint density at radius 2 is 2.09 bits per heavy atom. The smallest absolute Gasteiger partial charge is 0.220 e. The van der Waals surface area contributed by atoms with Crippen LogP contribution in [0.15, 0.2) is 29.7 Å². The van der Waals surface area contributed by atoms with Crippen molar-refractivity contribution in [3.8, 4) is 0 Å². The summed E-state index contributed by atoms with van der Waals surface area (Å²) in [6.45, 7) is 1.68. The van der Waals surface area contributed by atoms with Gasteiger partial charge in [0.2, 0.25) is 5.91 Å². The number of thiazole rings is 1. The maximum absolute atomic E-state index is 11.2. The summed E-state index contributed by atoms with van der Waals surface area (Å²) < 4.78 is 5.51. The van der Waals surface area contributed by atoms with Crippen LogP contribution in [0.25, 0.3) is 0 Å². The first-order valence-electron chi connectivity index (χ1n) is 7.56. The number of nitrogens with two attached hydrogens (primary N) is 1. The van der Waals surface area contributed by atoms with Crippen molar-refractivity contribution < 1.29 is 9.53 Å². The Morgan fingerprint density at radius 3 is 2.77 bits per heavy atom. The van der Waals surface area contributed by atoms with Gasteiger partial charge in [0.1, 0.15) is 0 Å². The molecule has 1 aliphatic carbocycles. The van der Waals surface area contributed by atoms with Crippen molar-refractivity contribution >= 4 is 22.4 Å². The second-order valence-electron chi connectivity index (χ2n) is 5.71. The summed E-state index contributed by atoms with van der Waals surface area (Å²) >= 11 is 1.66. The summed E-state index contributed by atoms with van der Waals surface area (Å²) in [6.07, 6.45) is 9.91. The lowest BCUT2D eigenvalue weighted by molar-refractivity contribution is -0.122. The van der Waals surface area contributed by atoms with E-state index in [9.17, 15) is 4.79 Å². The topological polar surface area (TPSA) is 68.5 Å². The summed E-state index contributed by atoms with van der Waals surface area (Å²) in [4.78, 5) is 18.3. The highest BCUT2D eigenvalue weighted by Gasteiger charge is 2.27. The van der Waals surface area contributed by atoms with Crippen LogP contribution in [0.5, 0.6) is 0 Å². The standard InChI is InChI=1S/C16H21N3O2S/c1-21-14-5-3-2-4-12(14)13-10-22-16(18-13)19-8-6-11(7-9-19)15(17)20/h2-5,10-12,14H,6-9H2,1H3,(H2,17,20). The summed E-state index contributed by atoms with van der Waals surface area (Å²) in [6, 6.07) is 0. The molecule has 5 nitrogen and oxygen atoms in total. The Labute approximate surface area is 134 Å². The van der Waals surface area contributed by atoms with Crippen LogP contribution < -0.4 is 10.6 Å². The zero-order valence-electron chi connectivity index (χ0n) is 12.6. The van der Waals surface area contributed by atoms with Gasteiger partial charge >= 0.3 is 0 Å². The fourth-order valence-corrected chi connectivity index (χ4v) is 3.93. The van der Waals surface area contributed by atoms with E-state index in [1.807, 2.05) is 12.2 Å². The summed E-state index contributed by atoms with van der Waals surface area (Å²) in [5.41, 5.74) is 6.43. The fraction of sp³-hybridized carbons (Fsp3) is 0.500. The number of amides is 1. The van der Waals surface area contributed by atoms with Crippen molar-refractivity contribution in [2.45, 2.75) is 24.9 Å². The molecule has 2 aliphatic rings. The molecule has 0 bridgehead atoms. The Hall–Kier alpha value is -1.66. The number of primary amides is 1. The number of rotatable bonds is 4. The van der Waals surface area contributed by atoms with Crippen molar-refractivity contribution in [3.63, 3.8) is 0 Å². The van der Waals surface area contributed by atoms with Crippen molar-refractivity contribution in [2.75, 3.05) is 25.1 Å². The van der Waals surface area contributed by atoms with Crippen LogP contribution in [0.3, 0.4) is 0 Å². The molecule has 0 radical (unpaired) electrons. The third-order valence-electron chi connectivity index (χ3n) is 4.38. The number of piperidine rings is 1. The van der Waals surface area contributed by atoms with E-state index in [0.717, 1.165) is 36.8 Å². The Morgan fingerprint density at radius 1 is 1.36 bits per heavy atom. The predicted octanol–water partition coefficient (Wildman–Crippen LogP) is 2.07. The molecule has 1 fully saturated rings. The van der Waals surface area contributed by atoms with Gasteiger partial charge in [0.15, 0.2) is 5.13 Å². The number of carbonyl (C=O) groups excluding carboxylic acids is 1. The van der Waals surface area contributed by atoms with E-state index >= 15 is 0 Å². The Balaban J connectivity index is 1.68. The monoisotopic (exact) mass is 319 g/mol. The summed E-state index contributed by atoms with van der Waals surface area (Å²) in [7, 11) is 1.73. The van der Waals surface area contributed by atoms with Crippen molar-refractivity contribution in [1.82, 2.24) is 4.98 Å². The number of anilines is 1. The molecule has 1 saturated heterocycles. The Kier molecular flexibility index (Phi) is 4.59. The second kappa shape index (κ2) is 6.62. The molecule has 0 spiro atoms. The molecule has 2 heterocycles. The SMILES string of the molecule is COC1C=CC=CC1c1csc(N2CCC(C(N)=O)CC2)n1. The molecule has 0 aromatic carbocycles. The van der Waals surface area contributed by atoms with E-state index in [-0.39, 0.29) is 23.8 Å². The van der Waals surface area contributed by atoms with Gasteiger partial charge in [0.25, 0.3) is 0 Å². The number of allylic oxidation sites excluding steroid dienone is 2. The van der Waals surface area contributed by atoms with Crippen molar-refractivity contribution in [3.05, 3.63) is 35.4 Å². The van der Waals surface area contributed by atoms with Gasteiger partial charge in [-0.15, -0.1) is 11.3 Å². The van der Waals surface area contributed by atoms with E-state index in [2.05, 4.69) is 22.4 Å². The number of carbonyl (C=O) groups is 1. The lowest BCUT2D eigenvalue weighted by Gasteiger charge is -2.30. The third-order valence-corrected chi connectivity index (χ3v) is 5.30. The largest absolute Gasteiger partial charge is 0.376 e. The van der Waals surface area contributed by atoms with Gasteiger partial charge in [0, 0.05) is 31.5 Å². The molecular weight excluding hydrogens is 298 g/mol. The van der Waals surface area contributed by atoms with Gasteiger partial charge in [-0.1, -0.05) is 24.3 Å². The molecule has 2 unspecified atom stereocenters. The zero-order chi connectivity index (χ0) is 15.5. The normalized spacial score (nSPS) is 25.6. The number of nitrogens with zero attached hydrogens (tertiary/aromatic N) is 2. The zero-order valence-corrected chi connectivity index (χ0v) is 13.5. The Bertz CT molecular complexity index is 588. The molecule has 6 heteroatoms. The van der Waals surface area contributed by atoms with Gasteiger partial charge < -0.3 is 15.4 Å². The molecular formula is C16H21N3O2S. The number of hydrogen-bond acceptors (Lipinski definition) is 5. The van der Waals surface area contributed by atoms with E-state index < -0.39 is 0 Å². The summed E-state index contributed by atoms with van der Waals surface area (Å²) in [5.74, 6) is 0.00433. The highest BCUT2D eigenvalue weighted by Crippen LogP contribution is 2.32. The van der Waals surface area contributed by atoms with Crippen LogP contribution in [-0.2, 0) is 9.53 Å². The quantitative estimate of drug-likeness (QED) is 0.922. The minimum absolute atomic E-state index is 0.0139. The number of hydrogen-bond donors (Lipinski definition) is 1. The molecule has 2 N–H and O–H groups in total. The minimum Gasteiger partial charge on any atom is -0.376 e. The number of methoxy groups -OCH3 is 1. The van der Waals surface area contributed by atoms with E-state index in [1.165, 1.54) is 0 Å². The highest BCUT2D eigenvalue weighted by atomic mass is 32.1. The lowest BCUT2D eigenvalue weighted by atomic mass is 9.95. The molecule has 2 atom stereocenters. The average Bonchev–Trinajstić information content (AvgIpc) is 3.04. The van der Waals surface area contributed by atoms with Crippen LogP contribution >= 0.6 is 11.3 Å². The predicted molar refractivity (Wildman–Crippen MR) is 88.1 cm³/mol. The molecule has 1 aliphatic heterocycles. The van der Waals surface area contributed by atoms with Crippen molar-refractivity contribution in [1.29, 1.82) is 0 Å². The molecule has 1 amide bonds. The lowest BCUT2D eigenvalue weighted by Crippen LogP contribution is -2.38. The molecule has 22 heavy (non-hydrogen) atoms. The highest BCUT2D eigenvalue weighted by molar-refractivity contribution is 7.13. The van der Waals surface area contributed by atoms with Crippen LogP contribution in [0, 0.1) is 5.92 Å². The van der Waals surface area contributed by atoms with Gasteiger partial charge in [-0.2, -0.15) is 0 Å². The first-order valence-corrected chi connectivity index (χ1v) is 8.44. The first-order chi connectivity index (χ1) is 10.7. The minimum atomic E-state index is -0.179. The van der Waals surface area contributed by atoms with Gasteiger partial charge in [0.05, 0.1) is 17.7 Å². The van der Waals surface area contributed by atoms with E-state index in [4.69, 9.17) is 15.5 Å². The third kappa shape index (κ3) is 3.08. The molecule has 3 rings (SSSR count). The van der Waals surface area contributed by atoms with E-state index in [1.54, 1.807) is 18.4 Å². The van der Waals surface area contributed by atoms with Crippen LogP contribution in [0.4, 0.5) is 5.13 Å². The molecule has 118 valence electrons. The molecule has 0 saturated carbocycles. The van der Waals surface area contributed by atoms with Crippen LogP contribution in [-0.4, -0.2) is 37.2 Å². The van der Waals surface area contributed by atoms with Crippen LogP contribution in [0.2, 0.25) is 0 Å². The fourth-order valence-electron chi connectivity index (χ4n) is 3.01. The average molecular weight is 319 g/mol. The second-order valence-corrected chi connectivity index (χ2v) is 6.55. The van der Waals surface area contributed by atoms with Gasteiger partial charge in [-0.05, 0) is 12.8 Å². The number of aromatic nitrogens is 1. The maximum atomic E-state index is 11.2. The summed E-state index contributed by atoms with van der Waals surface area (Å²) in [5, 5.41) is 3.13. The number of ether oxygens (including phenoxy) is 1. The first kappa shape index (κ1) is 15.2.